The van der Waals surface area contributed by atoms with E-state index in [4.69, 9.17) is 0 Å². The number of para-hydroxylation sites is 1. The Hall–Kier alpha value is -5.44. The fourth-order valence-electron chi connectivity index (χ4n) is 7.06. The third-order valence-electron chi connectivity index (χ3n) is 9.07. The molecule has 7 aromatic carbocycles. The lowest BCUT2D eigenvalue weighted by atomic mass is 9.87. The molecule has 0 fully saturated rings. The van der Waals surface area contributed by atoms with E-state index in [1.54, 1.807) is 0 Å². The predicted molar refractivity (Wildman–Crippen MR) is 195 cm³/mol. The van der Waals surface area contributed by atoms with E-state index in [0.717, 1.165) is 0 Å². The standard InChI is InChI=1S/C43H29NS/c1-28-24-25-40-38(26-28)34-16-5-7-22-39(34)44(40)31-15-9-14-30(27-31)33-19-10-18-32(29-12-3-2-4-13-29)42(33)37-21-11-20-36-35-17-6-8-23-41(35)45-43(36)37/h2-27H,1H3. The van der Waals surface area contributed by atoms with Crippen LogP contribution in [0.25, 0.3) is 81.0 Å². The lowest BCUT2D eigenvalue weighted by molar-refractivity contribution is 1.18. The molecule has 0 aliphatic rings. The first-order valence-electron chi connectivity index (χ1n) is 15.4. The molecule has 0 saturated carbocycles. The first-order chi connectivity index (χ1) is 22.2. The molecule has 2 heteroatoms. The summed E-state index contributed by atoms with van der Waals surface area (Å²) in [6, 6.07) is 57.8. The van der Waals surface area contributed by atoms with Crippen molar-refractivity contribution in [1.82, 2.24) is 4.57 Å². The van der Waals surface area contributed by atoms with Gasteiger partial charge in [-0.1, -0.05) is 127 Å². The highest BCUT2D eigenvalue weighted by molar-refractivity contribution is 7.26. The van der Waals surface area contributed by atoms with Crippen molar-refractivity contribution in [2.45, 2.75) is 6.92 Å². The quantitative estimate of drug-likeness (QED) is 0.192. The van der Waals surface area contributed by atoms with Crippen LogP contribution in [0.3, 0.4) is 0 Å². The lowest BCUT2D eigenvalue weighted by Gasteiger charge is -2.18. The second-order valence-electron chi connectivity index (χ2n) is 11.8. The molecular weight excluding hydrogens is 563 g/mol. The monoisotopic (exact) mass is 591 g/mol. The van der Waals surface area contributed by atoms with Crippen molar-refractivity contribution in [2.24, 2.45) is 0 Å². The topological polar surface area (TPSA) is 4.93 Å². The summed E-state index contributed by atoms with van der Waals surface area (Å²) >= 11 is 1.89. The highest BCUT2D eigenvalue weighted by Crippen LogP contribution is 2.46. The van der Waals surface area contributed by atoms with Gasteiger partial charge < -0.3 is 4.57 Å². The fraction of sp³-hybridized carbons (Fsp3) is 0.0233. The van der Waals surface area contributed by atoms with Gasteiger partial charge in [0.1, 0.15) is 0 Å². The van der Waals surface area contributed by atoms with E-state index < -0.39 is 0 Å². The van der Waals surface area contributed by atoms with Gasteiger partial charge in [-0.3, -0.25) is 0 Å². The van der Waals surface area contributed by atoms with Crippen LogP contribution in [0.2, 0.25) is 0 Å². The maximum absolute atomic E-state index is 2.42. The van der Waals surface area contributed by atoms with Crippen molar-refractivity contribution in [1.29, 1.82) is 0 Å². The van der Waals surface area contributed by atoms with Gasteiger partial charge in [-0.15, -0.1) is 11.3 Å². The van der Waals surface area contributed by atoms with E-state index in [1.807, 2.05) is 11.3 Å². The van der Waals surface area contributed by atoms with Crippen LogP contribution in [0.4, 0.5) is 0 Å². The first kappa shape index (κ1) is 26.0. The number of aryl methyl sites for hydroxylation is 1. The van der Waals surface area contributed by atoms with Gasteiger partial charge in [-0.25, -0.2) is 0 Å². The summed E-state index contributed by atoms with van der Waals surface area (Å²) in [6.07, 6.45) is 0. The zero-order valence-electron chi connectivity index (χ0n) is 24.9. The molecule has 0 aliphatic heterocycles. The molecule has 2 aromatic heterocycles. The molecule has 0 bridgehead atoms. The summed E-state index contributed by atoms with van der Waals surface area (Å²) in [7, 11) is 0. The number of rotatable bonds is 4. The summed E-state index contributed by atoms with van der Waals surface area (Å²) in [5.41, 5.74) is 12.4. The molecular formula is C43H29NS. The maximum Gasteiger partial charge on any atom is 0.0541 e. The van der Waals surface area contributed by atoms with Crippen LogP contribution < -0.4 is 0 Å². The second-order valence-corrected chi connectivity index (χ2v) is 12.9. The largest absolute Gasteiger partial charge is 0.309 e. The SMILES string of the molecule is Cc1ccc2c(c1)c1ccccc1n2-c1cccc(-c2cccc(-c3ccccc3)c2-c2cccc3c2sc2ccccc23)c1. The van der Waals surface area contributed by atoms with Crippen molar-refractivity contribution >= 4 is 53.3 Å². The second kappa shape index (κ2) is 10.3. The number of nitrogens with zero attached hydrogens (tertiary/aromatic N) is 1. The van der Waals surface area contributed by atoms with Crippen LogP contribution in [0.5, 0.6) is 0 Å². The van der Waals surface area contributed by atoms with Crippen LogP contribution in [-0.2, 0) is 0 Å². The molecule has 0 aliphatic carbocycles. The minimum atomic E-state index is 1.17. The van der Waals surface area contributed by atoms with Crippen molar-refractivity contribution in [3.05, 3.63) is 163 Å². The van der Waals surface area contributed by atoms with Gasteiger partial charge in [0.2, 0.25) is 0 Å². The Kier molecular flexibility index (Phi) is 5.97. The van der Waals surface area contributed by atoms with E-state index in [1.165, 1.54) is 86.6 Å². The van der Waals surface area contributed by atoms with Crippen molar-refractivity contribution < 1.29 is 0 Å². The number of fused-ring (bicyclic) bond motifs is 6. The van der Waals surface area contributed by atoms with E-state index in [2.05, 4.69) is 169 Å². The summed E-state index contributed by atoms with van der Waals surface area (Å²) in [4.78, 5) is 0. The lowest BCUT2D eigenvalue weighted by Crippen LogP contribution is -1.95. The molecule has 0 radical (unpaired) electrons. The Bertz CT molecular complexity index is 2550. The number of hydrogen-bond donors (Lipinski definition) is 0. The maximum atomic E-state index is 2.42. The molecule has 9 aromatic rings. The average molecular weight is 592 g/mol. The normalized spacial score (nSPS) is 11.7. The molecule has 0 amide bonds. The van der Waals surface area contributed by atoms with Crippen LogP contribution in [0.1, 0.15) is 5.56 Å². The average Bonchev–Trinajstić information content (AvgIpc) is 3.64. The van der Waals surface area contributed by atoms with Crippen LogP contribution in [0.15, 0.2) is 158 Å². The molecule has 45 heavy (non-hydrogen) atoms. The zero-order valence-corrected chi connectivity index (χ0v) is 25.7. The van der Waals surface area contributed by atoms with Gasteiger partial charge in [0, 0.05) is 42.2 Å². The molecule has 0 spiro atoms. The number of aromatic nitrogens is 1. The number of benzene rings is 7. The molecule has 2 heterocycles. The predicted octanol–water partition coefficient (Wildman–Crippen LogP) is 12.5. The third kappa shape index (κ3) is 4.14. The van der Waals surface area contributed by atoms with E-state index in [0.29, 0.717) is 0 Å². The molecule has 9 rings (SSSR count). The van der Waals surface area contributed by atoms with Crippen LogP contribution >= 0.6 is 11.3 Å². The summed E-state index contributed by atoms with van der Waals surface area (Å²) in [5.74, 6) is 0. The Balaban J connectivity index is 1.33. The molecule has 0 unspecified atom stereocenters. The van der Waals surface area contributed by atoms with E-state index in [9.17, 15) is 0 Å². The molecule has 212 valence electrons. The first-order valence-corrected chi connectivity index (χ1v) is 16.3. The Morgan fingerprint density at radius 1 is 0.444 bits per heavy atom. The Morgan fingerprint density at radius 3 is 1.98 bits per heavy atom. The zero-order chi connectivity index (χ0) is 29.9. The Labute approximate surface area is 266 Å². The van der Waals surface area contributed by atoms with E-state index in [-0.39, 0.29) is 0 Å². The summed E-state index contributed by atoms with van der Waals surface area (Å²) in [5, 5.41) is 5.21. The fourth-order valence-corrected chi connectivity index (χ4v) is 8.29. The van der Waals surface area contributed by atoms with Crippen LogP contribution in [0, 0.1) is 6.92 Å². The molecule has 1 nitrogen and oxygen atoms in total. The summed E-state index contributed by atoms with van der Waals surface area (Å²) < 4.78 is 5.07. The minimum absolute atomic E-state index is 1.17. The van der Waals surface area contributed by atoms with Gasteiger partial charge in [0.25, 0.3) is 0 Å². The van der Waals surface area contributed by atoms with Gasteiger partial charge >= 0.3 is 0 Å². The van der Waals surface area contributed by atoms with Crippen LogP contribution in [-0.4, -0.2) is 4.57 Å². The van der Waals surface area contributed by atoms with Crippen molar-refractivity contribution in [3.63, 3.8) is 0 Å². The minimum Gasteiger partial charge on any atom is -0.309 e. The summed E-state index contributed by atoms with van der Waals surface area (Å²) in [6.45, 7) is 2.17. The van der Waals surface area contributed by atoms with Crippen molar-refractivity contribution in [3.8, 4) is 39.1 Å². The highest BCUT2D eigenvalue weighted by atomic mass is 32.1. The Morgan fingerprint density at radius 2 is 1.09 bits per heavy atom. The number of thiophene rings is 1. The molecule has 0 N–H and O–H groups in total. The molecule has 0 atom stereocenters. The smallest absolute Gasteiger partial charge is 0.0541 e. The third-order valence-corrected chi connectivity index (χ3v) is 10.3. The molecule has 0 saturated heterocycles. The van der Waals surface area contributed by atoms with Gasteiger partial charge in [-0.2, -0.15) is 0 Å². The van der Waals surface area contributed by atoms with E-state index >= 15 is 0 Å². The van der Waals surface area contributed by atoms with Gasteiger partial charge in [0.15, 0.2) is 0 Å². The number of hydrogen-bond acceptors (Lipinski definition) is 1. The van der Waals surface area contributed by atoms with Crippen molar-refractivity contribution in [2.75, 3.05) is 0 Å². The highest BCUT2D eigenvalue weighted by Gasteiger charge is 2.19. The van der Waals surface area contributed by atoms with Gasteiger partial charge in [-0.05, 0) is 71.1 Å². The van der Waals surface area contributed by atoms with Gasteiger partial charge in [0.05, 0.1) is 11.0 Å².